The van der Waals surface area contributed by atoms with Gasteiger partial charge in [-0.3, -0.25) is 4.79 Å². The Bertz CT molecular complexity index is 733. The molecule has 0 spiro atoms. The quantitative estimate of drug-likeness (QED) is 0.894. The molecule has 0 saturated heterocycles. The molecular weight excluding hydrogens is 293 g/mol. The fourth-order valence-corrected chi connectivity index (χ4v) is 2.70. The number of benzene rings is 1. The predicted molar refractivity (Wildman–Crippen MR) is 78.6 cm³/mol. The van der Waals surface area contributed by atoms with Gasteiger partial charge in [-0.25, -0.2) is 9.37 Å². The molecule has 0 atom stereocenters. The Labute approximate surface area is 126 Å². The number of nitrogens with two attached hydrogens (primary N) is 1. The maximum atomic E-state index is 14.2. The van der Waals surface area contributed by atoms with Crippen LogP contribution in [-0.4, -0.2) is 17.4 Å². The highest BCUT2D eigenvalue weighted by Gasteiger charge is 2.20. The van der Waals surface area contributed by atoms with Gasteiger partial charge in [0.2, 0.25) is 0 Å². The van der Waals surface area contributed by atoms with Crippen LogP contribution in [0.4, 0.5) is 4.39 Å². The SMILES string of the molecule is NC(=O)c1cc(-c2ccc(Cl)cc2F)c2c(n1)CNCC2. The van der Waals surface area contributed by atoms with E-state index in [2.05, 4.69) is 10.3 Å². The van der Waals surface area contributed by atoms with E-state index in [0.717, 1.165) is 24.2 Å². The van der Waals surface area contributed by atoms with Crippen molar-refractivity contribution < 1.29 is 9.18 Å². The maximum Gasteiger partial charge on any atom is 0.267 e. The van der Waals surface area contributed by atoms with Crippen molar-refractivity contribution in [1.82, 2.24) is 10.3 Å². The Balaban J connectivity index is 2.24. The fraction of sp³-hybridized carbons (Fsp3) is 0.200. The molecule has 21 heavy (non-hydrogen) atoms. The van der Waals surface area contributed by atoms with Gasteiger partial charge in [-0.05, 0) is 48.4 Å². The van der Waals surface area contributed by atoms with Gasteiger partial charge in [-0.15, -0.1) is 0 Å². The molecule has 0 bridgehead atoms. The number of nitrogens with zero attached hydrogens (tertiary/aromatic N) is 1. The number of fused-ring (bicyclic) bond motifs is 1. The first-order valence-electron chi connectivity index (χ1n) is 6.55. The highest BCUT2D eigenvalue weighted by Crippen LogP contribution is 2.31. The number of pyridine rings is 1. The van der Waals surface area contributed by atoms with Gasteiger partial charge in [0, 0.05) is 17.1 Å². The van der Waals surface area contributed by atoms with Gasteiger partial charge in [0.05, 0.1) is 5.69 Å². The molecule has 0 unspecified atom stereocenters. The van der Waals surface area contributed by atoms with Gasteiger partial charge in [-0.2, -0.15) is 0 Å². The summed E-state index contributed by atoms with van der Waals surface area (Å²) in [7, 11) is 0. The average molecular weight is 306 g/mol. The van der Waals surface area contributed by atoms with Crippen LogP contribution in [0.3, 0.4) is 0 Å². The summed E-state index contributed by atoms with van der Waals surface area (Å²) in [6.45, 7) is 1.32. The van der Waals surface area contributed by atoms with E-state index in [9.17, 15) is 9.18 Å². The number of carbonyl (C=O) groups is 1. The fourth-order valence-electron chi connectivity index (χ4n) is 2.54. The molecular formula is C15H13ClFN3O. The van der Waals surface area contributed by atoms with Crippen molar-refractivity contribution in [3.05, 3.63) is 52.1 Å². The van der Waals surface area contributed by atoms with Crippen LogP contribution < -0.4 is 11.1 Å². The van der Waals surface area contributed by atoms with Crippen molar-refractivity contribution in [3.8, 4) is 11.1 Å². The predicted octanol–water partition coefficient (Wildman–Crippen LogP) is 2.29. The van der Waals surface area contributed by atoms with E-state index in [1.54, 1.807) is 18.2 Å². The molecule has 4 nitrogen and oxygen atoms in total. The van der Waals surface area contributed by atoms with E-state index in [-0.39, 0.29) is 5.69 Å². The molecule has 1 aliphatic heterocycles. The van der Waals surface area contributed by atoms with Crippen LogP contribution in [0.15, 0.2) is 24.3 Å². The van der Waals surface area contributed by atoms with E-state index < -0.39 is 11.7 Å². The Kier molecular flexibility index (Phi) is 3.61. The molecule has 0 aliphatic carbocycles. The zero-order chi connectivity index (χ0) is 15.0. The van der Waals surface area contributed by atoms with Crippen LogP contribution in [-0.2, 0) is 13.0 Å². The number of hydrogen-bond acceptors (Lipinski definition) is 3. The second-order valence-electron chi connectivity index (χ2n) is 4.90. The molecule has 3 rings (SSSR count). The molecule has 1 amide bonds. The largest absolute Gasteiger partial charge is 0.364 e. The van der Waals surface area contributed by atoms with E-state index >= 15 is 0 Å². The number of rotatable bonds is 2. The summed E-state index contributed by atoms with van der Waals surface area (Å²) in [6, 6.07) is 6.05. The average Bonchev–Trinajstić information content (AvgIpc) is 2.46. The van der Waals surface area contributed by atoms with E-state index in [1.807, 2.05) is 0 Å². The minimum absolute atomic E-state index is 0.141. The van der Waals surface area contributed by atoms with Crippen molar-refractivity contribution >= 4 is 17.5 Å². The van der Waals surface area contributed by atoms with E-state index in [0.29, 0.717) is 22.7 Å². The highest BCUT2D eigenvalue weighted by molar-refractivity contribution is 6.30. The third kappa shape index (κ3) is 2.62. The Hall–Kier alpha value is -1.98. The number of carbonyl (C=O) groups excluding carboxylic acids is 1. The molecule has 2 aromatic rings. The number of nitrogens with one attached hydrogen (secondary N) is 1. The van der Waals surface area contributed by atoms with Crippen LogP contribution in [0, 0.1) is 5.82 Å². The molecule has 1 aromatic carbocycles. The lowest BCUT2D eigenvalue weighted by Gasteiger charge is -2.21. The van der Waals surface area contributed by atoms with E-state index in [1.165, 1.54) is 6.07 Å². The number of halogens is 2. The molecule has 2 heterocycles. The Morgan fingerprint density at radius 1 is 1.33 bits per heavy atom. The molecule has 0 fully saturated rings. The second-order valence-corrected chi connectivity index (χ2v) is 5.33. The summed E-state index contributed by atoms with van der Waals surface area (Å²) in [6.07, 6.45) is 0.721. The van der Waals surface area contributed by atoms with Crippen LogP contribution in [0.2, 0.25) is 5.02 Å². The molecule has 0 saturated carbocycles. The first kappa shape index (κ1) is 14.0. The lowest BCUT2D eigenvalue weighted by Crippen LogP contribution is -2.27. The molecule has 1 aliphatic rings. The maximum absolute atomic E-state index is 14.2. The van der Waals surface area contributed by atoms with Crippen molar-refractivity contribution in [2.45, 2.75) is 13.0 Å². The van der Waals surface area contributed by atoms with Gasteiger partial charge in [0.15, 0.2) is 0 Å². The van der Waals surface area contributed by atoms with Crippen molar-refractivity contribution in [1.29, 1.82) is 0 Å². The standard InChI is InChI=1S/C15H13ClFN3O/c16-8-1-2-9(12(17)5-8)11-6-13(15(18)21)20-14-7-19-4-3-10(11)14/h1-2,5-6,19H,3-4,7H2,(H2,18,21). The van der Waals surface area contributed by atoms with Crippen LogP contribution in [0.25, 0.3) is 11.1 Å². The van der Waals surface area contributed by atoms with Gasteiger partial charge >= 0.3 is 0 Å². The summed E-state index contributed by atoms with van der Waals surface area (Å²) in [5.74, 6) is -1.05. The van der Waals surface area contributed by atoms with Crippen molar-refractivity contribution in [3.63, 3.8) is 0 Å². The van der Waals surface area contributed by atoms with Crippen molar-refractivity contribution in [2.75, 3.05) is 6.54 Å². The molecule has 3 N–H and O–H groups in total. The summed E-state index contributed by atoms with van der Waals surface area (Å²) >= 11 is 5.79. The molecule has 1 aromatic heterocycles. The minimum atomic E-state index is -0.626. The summed E-state index contributed by atoms with van der Waals surface area (Å²) in [5.41, 5.74) is 8.20. The lowest BCUT2D eigenvalue weighted by molar-refractivity contribution is 0.0995. The second kappa shape index (κ2) is 5.42. The minimum Gasteiger partial charge on any atom is -0.364 e. The zero-order valence-electron chi connectivity index (χ0n) is 11.1. The number of hydrogen-bond donors (Lipinski definition) is 2. The number of amides is 1. The van der Waals surface area contributed by atoms with Crippen LogP contribution >= 0.6 is 11.6 Å². The topological polar surface area (TPSA) is 68.0 Å². The number of primary amides is 1. The summed E-state index contributed by atoms with van der Waals surface area (Å²) in [5, 5.41) is 3.51. The van der Waals surface area contributed by atoms with Crippen LogP contribution in [0.1, 0.15) is 21.7 Å². The number of aromatic nitrogens is 1. The first-order chi connectivity index (χ1) is 10.1. The van der Waals surface area contributed by atoms with Gasteiger partial charge in [-0.1, -0.05) is 11.6 Å². The highest BCUT2D eigenvalue weighted by atomic mass is 35.5. The lowest BCUT2D eigenvalue weighted by atomic mass is 9.93. The van der Waals surface area contributed by atoms with Gasteiger partial charge in [0.1, 0.15) is 11.5 Å². The monoisotopic (exact) mass is 305 g/mol. The van der Waals surface area contributed by atoms with Crippen molar-refractivity contribution in [2.24, 2.45) is 5.73 Å². The first-order valence-corrected chi connectivity index (χ1v) is 6.93. The third-order valence-electron chi connectivity index (χ3n) is 3.53. The van der Waals surface area contributed by atoms with E-state index in [4.69, 9.17) is 17.3 Å². The van der Waals surface area contributed by atoms with Gasteiger partial charge in [0.25, 0.3) is 5.91 Å². The zero-order valence-corrected chi connectivity index (χ0v) is 11.9. The molecule has 0 radical (unpaired) electrons. The Morgan fingerprint density at radius 2 is 2.14 bits per heavy atom. The third-order valence-corrected chi connectivity index (χ3v) is 3.76. The molecule has 6 heteroatoms. The summed E-state index contributed by atoms with van der Waals surface area (Å²) < 4.78 is 14.2. The molecule has 108 valence electrons. The van der Waals surface area contributed by atoms with Gasteiger partial charge < -0.3 is 11.1 Å². The normalized spacial score (nSPS) is 13.8. The summed E-state index contributed by atoms with van der Waals surface area (Å²) in [4.78, 5) is 15.7. The van der Waals surface area contributed by atoms with Crippen LogP contribution in [0.5, 0.6) is 0 Å². The Morgan fingerprint density at radius 3 is 2.86 bits per heavy atom. The smallest absolute Gasteiger partial charge is 0.267 e.